The van der Waals surface area contributed by atoms with Crippen molar-refractivity contribution < 1.29 is 4.79 Å². The fraction of sp³-hybridized carbons (Fsp3) is 0.500. The van der Waals surface area contributed by atoms with E-state index in [0.717, 1.165) is 55.2 Å². The molecule has 1 aliphatic rings. The van der Waals surface area contributed by atoms with Crippen LogP contribution in [0.1, 0.15) is 41.5 Å². The highest BCUT2D eigenvalue weighted by Gasteiger charge is 2.25. The zero-order valence-corrected chi connectivity index (χ0v) is 18.5. The molecule has 0 aliphatic carbocycles. The number of carbonyl (C=O) groups excluding carboxylic acids is 1. The van der Waals surface area contributed by atoms with Crippen LogP contribution in [0.25, 0.3) is 10.2 Å². The maximum atomic E-state index is 12.7. The molecule has 29 heavy (non-hydrogen) atoms. The van der Waals surface area contributed by atoms with Gasteiger partial charge in [-0.2, -0.15) is 5.10 Å². The summed E-state index contributed by atoms with van der Waals surface area (Å²) >= 11 is 1.79. The Labute approximate surface area is 176 Å². The van der Waals surface area contributed by atoms with Crippen molar-refractivity contribution in [1.82, 2.24) is 19.7 Å². The van der Waals surface area contributed by atoms with Gasteiger partial charge >= 0.3 is 0 Å². The van der Waals surface area contributed by atoms with Gasteiger partial charge in [0.15, 0.2) is 10.8 Å². The van der Waals surface area contributed by atoms with Crippen LogP contribution >= 0.6 is 11.3 Å². The van der Waals surface area contributed by atoms with Crippen molar-refractivity contribution in [3.63, 3.8) is 0 Å². The third-order valence-electron chi connectivity index (χ3n) is 5.97. The van der Waals surface area contributed by atoms with Crippen molar-refractivity contribution in [3.05, 3.63) is 41.2 Å². The Morgan fingerprint density at radius 1 is 1.31 bits per heavy atom. The Bertz CT molecular complexity index is 996. The summed E-state index contributed by atoms with van der Waals surface area (Å²) in [5, 5.41) is 5.45. The van der Waals surface area contributed by atoms with Gasteiger partial charge in [0.05, 0.1) is 10.2 Å². The Balaban J connectivity index is 1.36. The van der Waals surface area contributed by atoms with E-state index >= 15 is 0 Å². The number of hydrogen-bond donors (Lipinski definition) is 0. The van der Waals surface area contributed by atoms with E-state index in [1.165, 1.54) is 10.3 Å². The van der Waals surface area contributed by atoms with Crippen molar-refractivity contribution in [2.45, 2.75) is 33.1 Å². The third-order valence-corrected chi connectivity index (χ3v) is 7.05. The van der Waals surface area contributed by atoms with Crippen molar-refractivity contribution in [2.75, 3.05) is 31.6 Å². The Morgan fingerprint density at radius 2 is 2.07 bits per heavy atom. The van der Waals surface area contributed by atoms with E-state index in [4.69, 9.17) is 4.98 Å². The van der Waals surface area contributed by atoms with Gasteiger partial charge in [0.2, 0.25) is 0 Å². The number of anilines is 1. The van der Waals surface area contributed by atoms with Gasteiger partial charge in [0.25, 0.3) is 5.91 Å². The second-order valence-corrected chi connectivity index (χ2v) is 9.03. The lowest BCUT2D eigenvalue weighted by atomic mass is 9.96. The smallest absolute Gasteiger partial charge is 0.274 e. The molecular weight excluding hydrogens is 382 g/mol. The van der Waals surface area contributed by atoms with Crippen LogP contribution in [0, 0.1) is 12.8 Å². The maximum Gasteiger partial charge on any atom is 0.274 e. The quantitative estimate of drug-likeness (QED) is 0.639. The highest BCUT2D eigenvalue weighted by atomic mass is 32.1. The van der Waals surface area contributed by atoms with Crippen LogP contribution in [0.15, 0.2) is 24.3 Å². The molecule has 3 aromatic rings. The first-order chi connectivity index (χ1) is 14.0. The SMILES string of the molecule is CCc1cccc2sc(N3CCC(CN(C)C(=O)c4cc(C)n(C)n4)CC3)nc12. The molecule has 1 saturated heterocycles. The number of para-hydroxylation sites is 1. The average Bonchev–Trinajstić information content (AvgIpc) is 3.31. The van der Waals surface area contributed by atoms with Gasteiger partial charge in [-0.05, 0) is 49.8 Å². The van der Waals surface area contributed by atoms with Gasteiger partial charge in [-0.1, -0.05) is 30.4 Å². The van der Waals surface area contributed by atoms with Crippen LogP contribution in [0.5, 0.6) is 0 Å². The largest absolute Gasteiger partial charge is 0.348 e. The normalized spacial score (nSPS) is 15.2. The fourth-order valence-corrected chi connectivity index (χ4v) is 5.12. The van der Waals surface area contributed by atoms with Gasteiger partial charge in [0, 0.05) is 39.4 Å². The summed E-state index contributed by atoms with van der Waals surface area (Å²) in [6, 6.07) is 8.33. The van der Waals surface area contributed by atoms with Crippen LogP contribution in [-0.4, -0.2) is 52.3 Å². The van der Waals surface area contributed by atoms with Crippen molar-refractivity contribution in [1.29, 1.82) is 0 Å². The van der Waals surface area contributed by atoms with Crippen LogP contribution in [0.2, 0.25) is 0 Å². The summed E-state index contributed by atoms with van der Waals surface area (Å²) in [5.74, 6) is 0.528. The summed E-state index contributed by atoms with van der Waals surface area (Å²) in [7, 11) is 3.76. The van der Waals surface area contributed by atoms with E-state index in [0.29, 0.717) is 11.6 Å². The number of thiazole rings is 1. The number of rotatable bonds is 5. The number of carbonyl (C=O) groups is 1. The molecule has 2 aromatic heterocycles. The minimum atomic E-state index is 0.00870. The third kappa shape index (κ3) is 4.01. The number of benzene rings is 1. The van der Waals surface area contributed by atoms with Crippen LogP contribution < -0.4 is 4.90 Å². The molecular formula is C22H29N5OS. The van der Waals surface area contributed by atoms with E-state index in [1.54, 1.807) is 16.0 Å². The van der Waals surface area contributed by atoms with E-state index < -0.39 is 0 Å². The number of amides is 1. The van der Waals surface area contributed by atoms with E-state index in [2.05, 4.69) is 35.1 Å². The highest BCUT2D eigenvalue weighted by Crippen LogP contribution is 2.33. The van der Waals surface area contributed by atoms with Gasteiger partial charge in [-0.3, -0.25) is 9.48 Å². The molecule has 4 rings (SSSR count). The number of piperidine rings is 1. The lowest BCUT2D eigenvalue weighted by Gasteiger charge is -2.33. The summed E-state index contributed by atoms with van der Waals surface area (Å²) in [5.41, 5.74) is 4.01. The molecule has 1 amide bonds. The van der Waals surface area contributed by atoms with Gasteiger partial charge in [-0.25, -0.2) is 4.98 Å². The van der Waals surface area contributed by atoms with Gasteiger partial charge in [-0.15, -0.1) is 0 Å². The number of aromatic nitrogens is 3. The Hall–Kier alpha value is -2.41. The second kappa shape index (κ2) is 8.14. The predicted molar refractivity (Wildman–Crippen MR) is 119 cm³/mol. The molecule has 0 radical (unpaired) electrons. The Kier molecular flexibility index (Phi) is 5.58. The molecule has 0 N–H and O–H groups in total. The lowest BCUT2D eigenvalue weighted by molar-refractivity contribution is 0.0758. The topological polar surface area (TPSA) is 54.3 Å². The first-order valence-corrected chi connectivity index (χ1v) is 11.2. The number of aryl methyl sites for hydroxylation is 3. The van der Waals surface area contributed by atoms with E-state index in [9.17, 15) is 4.79 Å². The number of fused-ring (bicyclic) bond motifs is 1. The molecule has 0 unspecified atom stereocenters. The lowest BCUT2D eigenvalue weighted by Crippen LogP contribution is -2.39. The van der Waals surface area contributed by atoms with Crippen molar-refractivity contribution >= 4 is 32.6 Å². The van der Waals surface area contributed by atoms with Crippen LogP contribution in [-0.2, 0) is 13.5 Å². The summed E-state index contributed by atoms with van der Waals surface area (Å²) < 4.78 is 3.03. The van der Waals surface area contributed by atoms with Gasteiger partial charge < -0.3 is 9.80 Å². The molecule has 3 heterocycles. The molecule has 0 saturated carbocycles. The highest BCUT2D eigenvalue weighted by molar-refractivity contribution is 7.22. The second-order valence-electron chi connectivity index (χ2n) is 8.02. The monoisotopic (exact) mass is 411 g/mol. The van der Waals surface area contributed by atoms with Crippen molar-refractivity contribution in [2.24, 2.45) is 13.0 Å². The molecule has 154 valence electrons. The molecule has 1 aliphatic heterocycles. The Morgan fingerprint density at radius 3 is 2.72 bits per heavy atom. The first kappa shape index (κ1) is 19.9. The fourth-order valence-electron chi connectivity index (χ4n) is 4.05. The number of nitrogens with zero attached hydrogens (tertiary/aromatic N) is 5. The van der Waals surface area contributed by atoms with Crippen molar-refractivity contribution in [3.8, 4) is 0 Å². The molecule has 0 bridgehead atoms. The summed E-state index contributed by atoms with van der Waals surface area (Å²) in [6.07, 6.45) is 3.17. The number of hydrogen-bond acceptors (Lipinski definition) is 5. The van der Waals surface area contributed by atoms with Crippen LogP contribution in [0.3, 0.4) is 0 Å². The van der Waals surface area contributed by atoms with Gasteiger partial charge in [0.1, 0.15) is 0 Å². The molecule has 0 spiro atoms. The summed E-state index contributed by atoms with van der Waals surface area (Å²) in [6.45, 7) is 6.92. The minimum Gasteiger partial charge on any atom is -0.348 e. The average molecular weight is 412 g/mol. The molecule has 7 heteroatoms. The van der Waals surface area contributed by atoms with Crippen LogP contribution in [0.4, 0.5) is 5.13 Å². The first-order valence-electron chi connectivity index (χ1n) is 10.4. The predicted octanol–water partition coefficient (Wildman–Crippen LogP) is 3.89. The zero-order chi connectivity index (χ0) is 20.5. The molecule has 6 nitrogen and oxygen atoms in total. The minimum absolute atomic E-state index is 0.00870. The molecule has 0 atom stereocenters. The standard InChI is InChI=1S/C22H29N5OS/c1-5-17-7-6-8-19-20(17)23-22(29-19)27-11-9-16(10-12-27)14-25(3)21(28)18-13-15(2)26(4)24-18/h6-8,13,16H,5,9-12,14H2,1-4H3. The maximum absolute atomic E-state index is 12.7. The van der Waals surface area contributed by atoms with E-state index in [1.807, 2.05) is 32.0 Å². The molecule has 1 fully saturated rings. The summed E-state index contributed by atoms with van der Waals surface area (Å²) in [4.78, 5) is 21.8. The van der Waals surface area contributed by atoms with E-state index in [-0.39, 0.29) is 5.91 Å². The molecule has 1 aromatic carbocycles. The zero-order valence-electron chi connectivity index (χ0n) is 17.7.